The summed E-state index contributed by atoms with van der Waals surface area (Å²) >= 11 is 3.55. The van der Waals surface area contributed by atoms with Crippen LogP contribution in [0.5, 0.6) is 0 Å². The van der Waals surface area contributed by atoms with Crippen molar-refractivity contribution in [3.05, 3.63) is 0 Å². The lowest BCUT2D eigenvalue weighted by Gasteiger charge is -2.32. The Kier molecular flexibility index (Phi) is 3.21. The second-order valence-corrected chi connectivity index (χ2v) is 6.58. The average molecular weight is 290 g/mol. The summed E-state index contributed by atoms with van der Waals surface area (Å²) < 4.78 is 5.42. The smallest absolute Gasteiger partial charge is 0.410 e. The molecule has 0 aromatic carbocycles. The SMILES string of the molecule is CC(C)(C)OC(=O)N1C[C@@H]2C[C@H]1C[C@H]2CBr. The number of ether oxygens (including phenoxy) is 1. The second kappa shape index (κ2) is 4.21. The van der Waals surface area contributed by atoms with Crippen molar-refractivity contribution in [3.63, 3.8) is 0 Å². The third-order valence-electron chi connectivity index (χ3n) is 3.51. The average Bonchev–Trinajstić information content (AvgIpc) is 2.72. The van der Waals surface area contributed by atoms with Crippen LogP contribution in [0.1, 0.15) is 33.6 Å². The molecule has 2 rings (SSSR count). The van der Waals surface area contributed by atoms with Crippen molar-refractivity contribution >= 4 is 22.0 Å². The molecular formula is C12H20BrNO2. The zero-order valence-electron chi connectivity index (χ0n) is 10.2. The Morgan fingerprint density at radius 3 is 2.56 bits per heavy atom. The molecule has 0 aromatic heterocycles. The first kappa shape index (κ1) is 12.2. The molecule has 2 fully saturated rings. The van der Waals surface area contributed by atoms with Crippen molar-refractivity contribution in [1.82, 2.24) is 4.90 Å². The molecule has 2 aliphatic rings. The quantitative estimate of drug-likeness (QED) is 0.695. The first-order chi connectivity index (χ1) is 7.40. The molecule has 1 saturated carbocycles. The predicted molar refractivity (Wildman–Crippen MR) is 66.7 cm³/mol. The summed E-state index contributed by atoms with van der Waals surface area (Å²) in [5.41, 5.74) is -0.381. The van der Waals surface area contributed by atoms with E-state index in [-0.39, 0.29) is 11.7 Å². The van der Waals surface area contributed by atoms with Crippen LogP contribution in [-0.4, -0.2) is 34.5 Å². The van der Waals surface area contributed by atoms with Crippen molar-refractivity contribution in [2.24, 2.45) is 11.8 Å². The van der Waals surface area contributed by atoms with E-state index in [1.165, 1.54) is 0 Å². The Bertz CT molecular complexity index is 287. The highest BCUT2D eigenvalue weighted by Crippen LogP contribution is 2.43. The minimum absolute atomic E-state index is 0.131. The van der Waals surface area contributed by atoms with Crippen molar-refractivity contribution in [2.45, 2.75) is 45.3 Å². The van der Waals surface area contributed by atoms with Crippen molar-refractivity contribution in [3.8, 4) is 0 Å². The zero-order chi connectivity index (χ0) is 11.9. The van der Waals surface area contributed by atoms with Gasteiger partial charge in [-0.3, -0.25) is 0 Å². The lowest BCUT2D eigenvalue weighted by Crippen LogP contribution is -2.43. The maximum Gasteiger partial charge on any atom is 0.410 e. The molecule has 3 nitrogen and oxygen atoms in total. The molecule has 1 amide bonds. The summed E-state index contributed by atoms with van der Waals surface area (Å²) in [7, 11) is 0. The van der Waals surface area contributed by atoms with Crippen LogP contribution in [0.3, 0.4) is 0 Å². The van der Waals surface area contributed by atoms with E-state index in [0.717, 1.165) is 30.6 Å². The molecular weight excluding hydrogens is 270 g/mol. The molecule has 4 heteroatoms. The Balaban J connectivity index is 1.93. The fraction of sp³-hybridized carbons (Fsp3) is 0.917. The highest BCUT2D eigenvalue weighted by molar-refractivity contribution is 9.09. The van der Waals surface area contributed by atoms with Crippen LogP contribution in [0.4, 0.5) is 4.79 Å². The fourth-order valence-electron chi connectivity index (χ4n) is 2.79. The number of alkyl halides is 1. The number of hydrogen-bond donors (Lipinski definition) is 0. The molecule has 0 unspecified atom stereocenters. The summed E-state index contributed by atoms with van der Waals surface area (Å²) in [4.78, 5) is 13.9. The lowest BCUT2D eigenvalue weighted by molar-refractivity contribution is 0.0168. The maximum atomic E-state index is 11.9. The van der Waals surface area contributed by atoms with Gasteiger partial charge in [-0.15, -0.1) is 0 Å². The Morgan fingerprint density at radius 1 is 1.44 bits per heavy atom. The third kappa shape index (κ3) is 2.36. The topological polar surface area (TPSA) is 29.5 Å². The van der Waals surface area contributed by atoms with E-state index in [1.807, 2.05) is 25.7 Å². The van der Waals surface area contributed by atoms with Crippen LogP contribution >= 0.6 is 15.9 Å². The van der Waals surface area contributed by atoms with Gasteiger partial charge in [0, 0.05) is 17.9 Å². The standard InChI is InChI=1S/C12H20BrNO2/c1-12(2,3)16-11(15)14-7-9-5-10(14)4-8(9)6-13/h8-10H,4-7H2,1-3H3/t8-,9-,10+/m0/s1. The van der Waals surface area contributed by atoms with E-state index in [9.17, 15) is 4.79 Å². The molecule has 1 aliphatic carbocycles. The van der Waals surface area contributed by atoms with Gasteiger partial charge in [0.2, 0.25) is 0 Å². The first-order valence-electron chi connectivity index (χ1n) is 5.96. The van der Waals surface area contributed by atoms with Gasteiger partial charge in [0.1, 0.15) is 5.60 Å². The van der Waals surface area contributed by atoms with E-state index < -0.39 is 0 Å². The van der Waals surface area contributed by atoms with Gasteiger partial charge in [-0.1, -0.05) is 15.9 Å². The molecule has 0 spiro atoms. The van der Waals surface area contributed by atoms with Gasteiger partial charge in [-0.2, -0.15) is 0 Å². The molecule has 1 saturated heterocycles. The summed E-state index contributed by atoms with van der Waals surface area (Å²) in [5, 5.41) is 1.07. The molecule has 2 bridgehead atoms. The van der Waals surface area contributed by atoms with Gasteiger partial charge >= 0.3 is 6.09 Å². The monoisotopic (exact) mass is 289 g/mol. The first-order valence-corrected chi connectivity index (χ1v) is 7.08. The van der Waals surface area contributed by atoms with E-state index in [4.69, 9.17) is 4.74 Å². The van der Waals surface area contributed by atoms with E-state index in [1.54, 1.807) is 0 Å². The Hall–Kier alpha value is -0.250. The molecule has 16 heavy (non-hydrogen) atoms. The van der Waals surface area contributed by atoms with E-state index >= 15 is 0 Å². The van der Waals surface area contributed by atoms with Crippen LogP contribution < -0.4 is 0 Å². The summed E-state index contributed by atoms with van der Waals surface area (Å²) in [6.45, 7) is 6.64. The lowest BCUT2D eigenvalue weighted by atomic mass is 9.97. The zero-order valence-corrected chi connectivity index (χ0v) is 11.8. The highest BCUT2D eigenvalue weighted by Gasteiger charge is 2.46. The molecule has 1 aliphatic heterocycles. The van der Waals surface area contributed by atoms with Crippen LogP contribution in [0, 0.1) is 11.8 Å². The molecule has 92 valence electrons. The van der Waals surface area contributed by atoms with Gasteiger partial charge in [0.25, 0.3) is 0 Å². The maximum absolute atomic E-state index is 11.9. The fourth-order valence-corrected chi connectivity index (χ4v) is 3.59. The number of rotatable bonds is 1. The molecule has 0 aromatic rings. The predicted octanol–water partition coefficient (Wildman–Crippen LogP) is 3.03. The molecule has 1 heterocycles. The minimum atomic E-state index is -0.381. The van der Waals surface area contributed by atoms with Crippen LogP contribution in [0.15, 0.2) is 0 Å². The summed E-state index contributed by atoms with van der Waals surface area (Å²) in [5.74, 6) is 1.43. The number of hydrogen-bond acceptors (Lipinski definition) is 2. The summed E-state index contributed by atoms with van der Waals surface area (Å²) in [6.07, 6.45) is 2.16. The van der Waals surface area contributed by atoms with Crippen LogP contribution in [0.2, 0.25) is 0 Å². The number of piperidine rings is 1. The number of nitrogens with zero attached hydrogens (tertiary/aromatic N) is 1. The third-order valence-corrected chi connectivity index (χ3v) is 4.35. The number of fused-ring (bicyclic) bond motifs is 2. The van der Waals surface area contributed by atoms with Crippen LogP contribution in [-0.2, 0) is 4.74 Å². The van der Waals surface area contributed by atoms with Gasteiger partial charge in [-0.25, -0.2) is 4.79 Å². The molecule has 3 atom stereocenters. The van der Waals surface area contributed by atoms with Crippen LogP contribution in [0.25, 0.3) is 0 Å². The van der Waals surface area contributed by atoms with Gasteiger partial charge in [0.05, 0.1) is 0 Å². The molecule has 0 N–H and O–H groups in total. The second-order valence-electron chi connectivity index (χ2n) is 5.93. The number of carbonyl (C=O) groups is 1. The van der Waals surface area contributed by atoms with Crippen molar-refractivity contribution in [2.75, 3.05) is 11.9 Å². The summed E-state index contributed by atoms with van der Waals surface area (Å²) in [6, 6.07) is 0.419. The van der Waals surface area contributed by atoms with Gasteiger partial charge < -0.3 is 9.64 Å². The van der Waals surface area contributed by atoms with Crippen molar-refractivity contribution in [1.29, 1.82) is 0 Å². The Morgan fingerprint density at radius 2 is 2.12 bits per heavy atom. The van der Waals surface area contributed by atoms with E-state index in [0.29, 0.717) is 12.0 Å². The van der Waals surface area contributed by atoms with Gasteiger partial charge in [0.15, 0.2) is 0 Å². The normalized spacial score (nSPS) is 33.2. The number of amides is 1. The van der Waals surface area contributed by atoms with Gasteiger partial charge in [-0.05, 0) is 45.4 Å². The van der Waals surface area contributed by atoms with Crippen molar-refractivity contribution < 1.29 is 9.53 Å². The Labute approximate surface area is 106 Å². The molecule has 0 radical (unpaired) electrons. The number of carbonyl (C=O) groups excluding carboxylic acids is 1. The van der Waals surface area contributed by atoms with E-state index in [2.05, 4.69) is 15.9 Å². The minimum Gasteiger partial charge on any atom is -0.444 e. The highest BCUT2D eigenvalue weighted by atomic mass is 79.9. The largest absolute Gasteiger partial charge is 0.444 e. The number of likely N-dealkylation sites (tertiary alicyclic amines) is 1. The number of halogens is 1.